The van der Waals surface area contributed by atoms with Crippen LogP contribution < -0.4 is 0 Å². The van der Waals surface area contributed by atoms with Crippen molar-refractivity contribution in [1.82, 2.24) is 0 Å². The van der Waals surface area contributed by atoms with Crippen molar-refractivity contribution in [3.63, 3.8) is 0 Å². The van der Waals surface area contributed by atoms with Crippen molar-refractivity contribution in [1.29, 1.82) is 0 Å². The molecule has 1 rings (SSSR count). The van der Waals surface area contributed by atoms with Crippen molar-refractivity contribution in [2.75, 3.05) is 6.61 Å². The molecule has 90 valence electrons. The van der Waals surface area contributed by atoms with Gasteiger partial charge in [-0.1, -0.05) is 6.07 Å². The lowest BCUT2D eigenvalue weighted by Crippen LogP contribution is -2.20. The Morgan fingerprint density at radius 3 is 2.50 bits per heavy atom. The molecule has 1 atom stereocenters. The topological polar surface area (TPSA) is 29.5 Å². The lowest BCUT2D eigenvalue weighted by atomic mass is 10.1. The number of hydrogen-bond acceptors (Lipinski definition) is 2. The molecule has 0 aliphatic rings. The van der Waals surface area contributed by atoms with Gasteiger partial charge in [0.1, 0.15) is 0 Å². The molecular formula is C12H16F2O2. The SMILES string of the molecule is CC(C)OCC(O)Cc1ccc(F)c(F)c1. The van der Waals surface area contributed by atoms with Crippen LogP contribution in [0.4, 0.5) is 8.78 Å². The first-order valence-electron chi connectivity index (χ1n) is 5.22. The van der Waals surface area contributed by atoms with Crippen LogP contribution in [0.1, 0.15) is 19.4 Å². The van der Waals surface area contributed by atoms with Crippen LogP contribution in [0.3, 0.4) is 0 Å². The van der Waals surface area contributed by atoms with Gasteiger partial charge in [-0.05, 0) is 31.5 Å². The third kappa shape index (κ3) is 4.24. The van der Waals surface area contributed by atoms with E-state index in [4.69, 9.17) is 4.74 Å². The largest absolute Gasteiger partial charge is 0.390 e. The molecule has 0 aromatic heterocycles. The minimum atomic E-state index is -0.894. The predicted molar refractivity (Wildman–Crippen MR) is 57.2 cm³/mol. The lowest BCUT2D eigenvalue weighted by molar-refractivity contribution is 0.00618. The quantitative estimate of drug-likeness (QED) is 0.841. The Balaban J connectivity index is 2.49. The van der Waals surface area contributed by atoms with E-state index in [1.807, 2.05) is 13.8 Å². The highest BCUT2D eigenvalue weighted by molar-refractivity contribution is 5.18. The Morgan fingerprint density at radius 1 is 1.25 bits per heavy atom. The van der Waals surface area contributed by atoms with Gasteiger partial charge in [-0.15, -0.1) is 0 Å². The standard InChI is InChI=1S/C12H16F2O2/c1-8(2)16-7-10(15)5-9-3-4-11(13)12(14)6-9/h3-4,6,8,10,15H,5,7H2,1-2H3. The van der Waals surface area contributed by atoms with Crippen molar-refractivity contribution in [3.8, 4) is 0 Å². The first kappa shape index (κ1) is 13.1. The monoisotopic (exact) mass is 230 g/mol. The minimum Gasteiger partial charge on any atom is -0.390 e. The molecule has 0 bridgehead atoms. The second-order valence-electron chi connectivity index (χ2n) is 3.99. The Bertz CT molecular complexity index is 340. The van der Waals surface area contributed by atoms with Crippen molar-refractivity contribution < 1.29 is 18.6 Å². The average Bonchev–Trinajstić information content (AvgIpc) is 2.21. The van der Waals surface area contributed by atoms with E-state index in [1.54, 1.807) is 0 Å². The molecule has 1 N–H and O–H groups in total. The van der Waals surface area contributed by atoms with Gasteiger partial charge in [0.15, 0.2) is 11.6 Å². The molecule has 16 heavy (non-hydrogen) atoms. The number of halogens is 2. The lowest BCUT2D eigenvalue weighted by Gasteiger charge is -2.13. The fourth-order valence-electron chi connectivity index (χ4n) is 1.30. The second-order valence-corrected chi connectivity index (χ2v) is 3.99. The normalized spacial score (nSPS) is 13.1. The van der Waals surface area contributed by atoms with Gasteiger partial charge in [0, 0.05) is 6.42 Å². The van der Waals surface area contributed by atoms with Crippen LogP contribution in [0.25, 0.3) is 0 Å². The Kier molecular flexibility index (Phi) is 4.83. The molecule has 0 heterocycles. The average molecular weight is 230 g/mol. The van der Waals surface area contributed by atoms with Crippen molar-refractivity contribution >= 4 is 0 Å². The van der Waals surface area contributed by atoms with Gasteiger partial charge in [0.2, 0.25) is 0 Å². The number of ether oxygens (including phenoxy) is 1. The van der Waals surface area contributed by atoms with E-state index in [9.17, 15) is 13.9 Å². The molecule has 0 saturated heterocycles. The smallest absolute Gasteiger partial charge is 0.159 e. The van der Waals surface area contributed by atoms with E-state index in [2.05, 4.69) is 0 Å². The molecule has 0 aliphatic heterocycles. The minimum absolute atomic E-state index is 0.0413. The third-order valence-electron chi connectivity index (χ3n) is 2.08. The summed E-state index contributed by atoms with van der Waals surface area (Å²) in [4.78, 5) is 0. The predicted octanol–water partition coefficient (Wildman–Crippen LogP) is 2.29. The molecule has 2 nitrogen and oxygen atoms in total. The van der Waals surface area contributed by atoms with Gasteiger partial charge in [0.25, 0.3) is 0 Å². The summed E-state index contributed by atoms with van der Waals surface area (Å²) in [6.07, 6.45) is -0.406. The van der Waals surface area contributed by atoms with E-state index in [0.29, 0.717) is 5.56 Å². The van der Waals surface area contributed by atoms with Gasteiger partial charge in [0.05, 0.1) is 18.8 Å². The molecule has 0 aliphatic carbocycles. The number of aliphatic hydroxyl groups is 1. The molecule has 0 fully saturated rings. The molecule has 1 unspecified atom stereocenters. The molecular weight excluding hydrogens is 214 g/mol. The van der Waals surface area contributed by atoms with E-state index in [1.165, 1.54) is 6.07 Å². The van der Waals surface area contributed by atoms with Crippen LogP contribution in [-0.4, -0.2) is 23.9 Å². The van der Waals surface area contributed by atoms with Gasteiger partial charge in [-0.2, -0.15) is 0 Å². The van der Waals surface area contributed by atoms with Gasteiger partial charge < -0.3 is 9.84 Å². The zero-order chi connectivity index (χ0) is 12.1. The highest BCUT2D eigenvalue weighted by Gasteiger charge is 2.09. The summed E-state index contributed by atoms with van der Waals surface area (Å²) in [6.45, 7) is 3.92. The summed E-state index contributed by atoms with van der Waals surface area (Å²) in [5.74, 6) is -1.77. The summed E-state index contributed by atoms with van der Waals surface area (Å²) in [6, 6.07) is 3.60. The maximum atomic E-state index is 12.9. The molecule has 1 aromatic rings. The van der Waals surface area contributed by atoms with E-state index >= 15 is 0 Å². The summed E-state index contributed by atoms with van der Waals surface area (Å²) >= 11 is 0. The molecule has 0 amide bonds. The van der Waals surface area contributed by atoms with Crippen LogP contribution >= 0.6 is 0 Å². The zero-order valence-corrected chi connectivity index (χ0v) is 9.41. The number of hydrogen-bond donors (Lipinski definition) is 1. The fraction of sp³-hybridized carbons (Fsp3) is 0.500. The molecule has 0 spiro atoms. The third-order valence-corrected chi connectivity index (χ3v) is 2.08. The van der Waals surface area contributed by atoms with Crippen LogP contribution in [-0.2, 0) is 11.2 Å². The summed E-state index contributed by atoms with van der Waals surface area (Å²) < 4.78 is 30.7. The van der Waals surface area contributed by atoms with Gasteiger partial charge in [-0.25, -0.2) is 8.78 Å². The van der Waals surface area contributed by atoms with E-state index in [0.717, 1.165) is 12.1 Å². The number of aliphatic hydroxyl groups excluding tert-OH is 1. The maximum absolute atomic E-state index is 12.9. The first-order chi connectivity index (χ1) is 7.49. The maximum Gasteiger partial charge on any atom is 0.159 e. The van der Waals surface area contributed by atoms with Crippen LogP contribution in [0.2, 0.25) is 0 Å². The molecule has 1 aromatic carbocycles. The summed E-state index contributed by atoms with van der Waals surface area (Å²) in [7, 11) is 0. The Labute approximate surface area is 93.9 Å². The first-order valence-corrected chi connectivity index (χ1v) is 5.22. The number of benzene rings is 1. The van der Waals surface area contributed by atoms with Gasteiger partial charge >= 0.3 is 0 Å². The van der Waals surface area contributed by atoms with Gasteiger partial charge in [-0.3, -0.25) is 0 Å². The van der Waals surface area contributed by atoms with Crippen molar-refractivity contribution in [2.45, 2.75) is 32.5 Å². The molecule has 0 radical (unpaired) electrons. The second kappa shape index (κ2) is 5.92. The Hall–Kier alpha value is -1.00. The van der Waals surface area contributed by atoms with E-state index < -0.39 is 17.7 Å². The zero-order valence-electron chi connectivity index (χ0n) is 9.41. The van der Waals surface area contributed by atoms with Crippen LogP contribution in [0, 0.1) is 11.6 Å². The summed E-state index contributed by atoms with van der Waals surface area (Å²) in [5, 5.41) is 9.57. The molecule has 4 heteroatoms. The summed E-state index contributed by atoms with van der Waals surface area (Å²) in [5.41, 5.74) is 0.554. The Morgan fingerprint density at radius 2 is 1.94 bits per heavy atom. The highest BCUT2D eigenvalue weighted by Crippen LogP contribution is 2.10. The van der Waals surface area contributed by atoms with Crippen molar-refractivity contribution in [3.05, 3.63) is 35.4 Å². The van der Waals surface area contributed by atoms with Crippen LogP contribution in [0.15, 0.2) is 18.2 Å². The molecule has 0 saturated carbocycles. The van der Waals surface area contributed by atoms with Crippen LogP contribution in [0.5, 0.6) is 0 Å². The highest BCUT2D eigenvalue weighted by atomic mass is 19.2. The van der Waals surface area contributed by atoms with E-state index in [-0.39, 0.29) is 19.1 Å². The fourth-order valence-corrected chi connectivity index (χ4v) is 1.30. The number of rotatable bonds is 5. The van der Waals surface area contributed by atoms with Crippen molar-refractivity contribution in [2.24, 2.45) is 0 Å².